The molecule has 2 saturated carbocycles. The van der Waals surface area contributed by atoms with Gasteiger partial charge in [0.25, 0.3) is 0 Å². The summed E-state index contributed by atoms with van der Waals surface area (Å²) in [5.74, 6) is -2.50. The fraction of sp³-hybridized carbons (Fsp3) is 0.533. The molecule has 0 amide bonds. The normalized spacial score (nSPS) is 24.6. The topological polar surface area (TPSA) is 18.5 Å². The fourth-order valence-corrected chi connectivity index (χ4v) is 5.52. The van der Waals surface area contributed by atoms with Gasteiger partial charge in [-0.2, -0.15) is 22.0 Å². The Balaban J connectivity index is 1.25. The molecule has 0 radical (unpaired) electrons. The molecule has 4 rings (SSSR count). The van der Waals surface area contributed by atoms with Crippen LogP contribution in [0.15, 0.2) is 48.6 Å². The van der Waals surface area contributed by atoms with E-state index in [4.69, 9.17) is 4.74 Å². The van der Waals surface area contributed by atoms with Crippen molar-refractivity contribution in [2.24, 2.45) is 17.8 Å². The molecule has 39 heavy (non-hydrogen) atoms. The van der Waals surface area contributed by atoms with E-state index in [9.17, 15) is 30.7 Å². The van der Waals surface area contributed by atoms with E-state index in [1.807, 2.05) is 12.1 Å². The average Bonchev–Trinajstić information content (AvgIpc) is 2.86. The van der Waals surface area contributed by atoms with Gasteiger partial charge in [-0.05, 0) is 79.9 Å². The van der Waals surface area contributed by atoms with Crippen molar-refractivity contribution < 1.29 is 40.2 Å². The number of hydrogen-bond acceptors (Lipinski definition) is 2. The van der Waals surface area contributed by atoms with Crippen LogP contribution in [0.3, 0.4) is 0 Å². The summed E-state index contributed by atoms with van der Waals surface area (Å²) in [6, 6.07) is 6.93. The number of halogens is 7. The highest BCUT2D eigenvalue weighted by Gasteiger charge is 2.39. The highest BCUT2D eigenvalue weighted by atomic mass is 19.4. The van der Waals surface area contributed by atoms with Gasteiger partial charge < -0.3 is 9.47 Å². The first-order chi connectivity index (χ1) is 18.4. The molecular formula is C30H33F7O2. The van der Waals surface area contributed by atoms with Crippen molar-refractivity contribution in [2.75, 3.05) is 6.61 Å². The lowest BCUT2D eigenvalue weighted by atomic mass is 9.77. The molecule has 0 N–H and O–H groups in total. The SMILES string of the molecule is CC1CCC(/C=C/C2CCC(c3ccc(OCC(F)(F)Oc4cc(F)c(C(F)(F)F)c(F)c4)cc3)CC2)CC1. The van der Waals surface area contributed by atoms with Crippen LogP contribution in [0.4, 0.5) is 30.7 Å². The molecule has 214 valence electrons. The van der Waals surface area contributed by atoms with E-state index in [1.54, 1.807) is 12.1 Å². The largest absolute Gasteiger partial charge is 0.483 e. The van der Waals surface area contributed by atoms with Crippen LogP contribution >= 0.6 is 0 Å². The van der Waals surface area contributed by atoms with E-state index in [-0.39, 0.29) is 17.9 Å². The second-order valence-electron chi connectivity index (χ2n) is 10.9. The summed E-state index contributed by atoms with van der Waals surface area (Å²) in [6.07, 6.45) is 4.97. The second-order valence-corrected chi connectivity index (χ2v) is 10.9. The standard InChI is InChI=1S/C30H33F7O2/c1-19-2-4-20(5-3-19)6-7-21-8-10-22(11-9-21)23-12-14-24(15-13-23)38-18-29(33,34)39-25-16-26(31)28(27(32)17-25)30(35,36)37/h6-7,12-17,19-22H,2-5,8-11,18H2,1H3/b7-6+. The highest BCUT2D eigenvalue weighted by Crippen LogP contribution is 2.39. The number of rotatable bonds is 8. The quantitative estimate of drug-likeness (QED) is 0.237. The Kier molecular flexibility index (Phi) is 9.17. The summed E-state index contributed by atoms with van der Waals surface area (Å²) < 4.78 is 103. The molecule has 0 aliphatic heterocycles. The molecule has 2 fully saturated rings. The summed E-state index contributed by atoms with van der Waals surface area (Å²) in [6.45, 7) is 1.02. The Morgan fingerprint density at radius 1 is 0.744 bits per heavy atom. The number of alkyl halides is 5. The third-order valence-electron chi connectivity index (χ3n) is 7.81. The predicted octanol–water partition coefficient (Wildman–Crippen LogP) is 9.69. The Labute approximate surface area is 224 Å². The first-order valence-corrected chi connectivity index (χ1v) is 13.4. The predicted molar refractivity (Wildman–Crippen MR) is 134 cm³/mol. The minimum absolute atomic E-state index is 0.0650. The molecule has 0 bridgehead atoms. The molecule has 9 heteroatoms. The number of allylic oxidation sites excluding steroid dienone is 2. The smallest absolute Gasteiger partial charge is 0.433 e. The Morgan fingerprint density at radius 3 is 1.77 bits per heavy atom. The Morgan fingerprint density at radius 2 is 1.26 bits per heavy atom. The molecule has 2 aromatic rings. The molecule has 0 aromatic heterocycles. The lowest BCUT2D eigenvalue weighted by Gasteiger charge is -2.28. The van der Waals surface area contributed by atoms with Gasteiger partial charge in [0.05, 0.1) is 0 Å². The van der Waals surface area contributed by atoms with Crippen molar-refractivity contribution in [1.82, 2.24) is 0 Å². The van der Waals surface area contributed by atoms with Crippen LogP contribution < -0.4 is 9.47 Å². The van der Waals surface area contributed by atoms with Gasteiger partial charge in [-0.1, -0.05) is 44.1 Å². The first kappa shape index (κ1) is 29.3. The maximum Gasteiger partial charge on any atom is 0.433 e. The molecule has 2 aliphatic carbocycles. The van der Waals surface area contributed by atoms with Crippen LogP contribution in [0, 0.1) is 29.4 Å². The fourth-order valence-electron chi connectivity index (χ4n) is 5.52. The van der Waals surface area contributed by atoms with Crippen LogP contribution in [0.1, 0.15) is 75.3 Å². The van der Waals surface area contributed by atoms with Gasteiger partial charge >= 0.3 is 12.3 Å². The Hall–Kier alpha value is -2.71. The molecule has 0 atom stereocenters. The highest BCUT2D eigenvalue weighted by molar-refractivity contribution is 5.33. The summed E-state index contributed by atoms with van der Waals surface area (Å²) in [5, 5.41) is 0. The summed E-state index contributed by atoms with van der Waals surface area (Å²) in [7, 11) is 0. The van der Waals surface area contributed by atoms with E-state index in [0.717, 1.165) is 37.2 Å². The molecule has 0 unspecified atom stereocenters. The lowest BCUT2D eigenvalue weighted by molar-refractivity contribution is -0.195. The third kappa shape index (κ3) is 8.15. The molecule has 0 saturated heterocycles. The number of hydrogen-bond donors (Lipinski definition) is 0. The monoisotopic (exact) mass is 558 g/mol. The van der Waals surface area contributed by atoms with E-state index in [0.29, 0.717) is 17.8 Å². The van der Waals surface area contributed by atoms with Crippen LogP contribution in [0.25, 0.3) is 0 Å². The van der Waals surface area contributed by atoms with Gasteiger partial charge in [0, 0.05) is 12.1 Å². The zero-order chi connectivity index (χ0) is 28.2. The second kappa shape index (κ2) is 12.2. The maximum atomic E-state index is 14.2. The van der Waals surface area contributed by atoms with Gasteiger partial charge in [0.15, 0.2) is 6.61 Å². The molecule has 2 aliphatic rings. The number of benzene rings is 2. The molecule has 2 aromatic carbocycles. The van der Waals surface area contributed by atoms with Crippen molar-refractivity contribution in [3.8, 4) is 11.5 Å². The lowest BCUT2D eigenvalue weighted by Crippen LogP contribution is -2.32. The third-order valence-corrected chi connectivity index (χ3v) is 7.81. The van der Waals surface area contributed by atoms with Crippen molar-refractivity contribution in [3.05, 3.63) is 71.3 Å². The van der Waals surface area contributed by atoms with Gasteiger partial charge in [-0.3, -0.25) is 0 Å². The molecular weight excluding hydrogens is 525 g/mol. The van der Waals surface area contributed by atoms with E-state index >= 15 is 0 Å². The molecule has 0 heterocycles. The summed E-state index contributed by atoms with van der Waals surface area (Å²) in [5.41, 5.74) is -1.07. The van der Waals surface area contributed by atoms with Crippen molar-refractivity contribution in [3.63, 3.8) is 0 Å². The molecule has 2 nitrogen and oxygen atoms in total. The van der Waals surface area contributed by atoms with Crippen LogP contribution in [-0.2, 0) is 6.18 Å². The first-order valence-electron chi connectivity index (χ1n) is 13.4. The van der Waals surface area contributed by atoms with E-state index in [2.05, 4.69) is 23.8 Å². The van der Waals surface area contributed by atoms with Gasteiger partial charge in [0.1, 0.15) is 28.7 Å². The van der Waals surface area contributed by atoms with Gasteiger partial charge in [-0.25, -0.2) is 8.78 Å². The number of ether oxygens (including phenoxy) is 2. The average molecular weight is 559 g/mol. The van der Waals surface area contributed by atoms with Crippen LogP contribution in [0.2, 0.25) is 0 Å². The van der Waals surface area contributed by atoms with E-state index < -0.39 is 41.8 Å². The summed E-state index contributed by atoms with van der Waals surface area (Å²) >= 11 is 0. The van der Waals surface area contributed by atoms with Crippen molar-refractivity contribution >= 4 is 0 Å². The maximum absolute atomic E-state index is 14.2. The van der Waals surface area contributed by atoms with Crippen LogP contribution in [-0.4, -0.2) is 12.7 Å². The van der Waals surface area contributed by atoms with Crippen molar-refractivity contribution in [1.29, 1.82) is 0 Å². The van der Waals surface area contributed by atoms with Crippen LogP contribution in [0.5, 0.6) is 11.5 Å². The minimum atomic E-state index is -5.31. The van der Waals surface area contributed by atoms with Gasteiger partial charge in [-0.15, -0.1) is 0 Å². The zero-order valence-corrected chi connectivity index (χ0v) is 21.8. The molecule has 0 spiro atoms. The van der Waals surface area contributed by atoms with Crippen molar-refractivity contribution in [2.45, 2.75) is 76.5 Å². The summed E-state index contributed by atoms with van der Waals surface area (Å²) in [4.78, 5) is 0. The van der Waals surface area contributed by atoms with Gasteiger partial charge in [0.2, 0.25) is 0 Å². The zero-order valence-electron chi connectivity index (χ0n) is 21.8. The minimum Gasteiger partial charge on any atom is -0.483 e. The Bertz CT molecular complexity index is 1090. The van der Waals surface area contributed by atoms with E-state index in [1.165, 1.54) is 25.7 Å².